The Morgan fingerprint density at radius 2 is 2.11 bits per heavy atom. The molecule has 0 bridgehead atoms. The van der Waals surface area contributed by atoms with Gasteiger partial charge in [0.05, 0.1) is 24.5 Å². The summed E-state index contributed by atoms with van der Waals surface area (Å²) in [7, 11) is 0. The standard InChI is InChI=1S/C20H27N5O3/c1-13-9-18-22-11-16(10-21-14(2)26)19(25(18)23-13)17-12-24(7-8-28-17)20(27)15-5-3-4-6-15/h9,11,15,17H,3-8,10,12H2,1-2H3,(H,21,26). The zero-order chi connectivity index (χ0) is 19.7. The molecule has 4 rings (SSSR count). The number of amides is 2. The summed E-state index contributed by atoms with van der Waals surface area (Å²) in [5.74, 6) is 0.295. The Hall–Kier alpha value is -2.48. The van der Waals surface area contributed by atoms with Gasteiger partial charge >= 0.3 is 0 Å². The van der Waals surface area contributed by atoms with Crippen LogP contribution in [-0.2, 0) is 20.9 Å². The van der Waals surface area contributed by atoms with Crippen LogP contribution in [0.15, 0.2) is 12.3 Å². The predicted octanol–water partition coefficient (Wildman–Crippen LogP) is 1.76. The fourth-order valence-corrected chi connectivity index (χ4v) is 4.25. The molecule has 1 aliphatic carbocycles. The molecule has 2 aromatic rings. The Morgan fingerprint density at radius 1 is 1.32 bits per heavy atom. The third kappa shape index (κ3) is 3.73. The van der Waals surface area contributed by atoms with Crippen molar-refractivity contribution in [2.24, 2.45) is 5.92 Å². The maximum Gasteiger partial charge on any atom is 0.225 e. The fraction of sp³-hybridized carbons (Fsp3) is 0.600. The molecule has 8 heteroatoms. The number of hydrogen-bond acceptors (Lipinski definition) is 5. The van der Waals surface area contributed by atoms with Gasteiger partial charge in [-0.25, -0.2) is 9.50 Å². The van der Waals surface area contributed by atoms with Crippen molar-refractivity contribution in [2.45, 2.75) is 52.2 Å². The summed E-state index contributed by atoms with van der Waals surface area (Å²) >= 11 is 0. The first-order valence-electron chi connectivity index (χ1n) is 10.0. The molecule has 1 unspecified atom stereocenters. The van der Waals surface area contributed by atoms with Gasteiger partial charge in [-0.2, -0.15) is 5.10 Å². The summed E-state index contributed by atoms with van der Waals surface area (Å²) in [5, 5.41) is 7.42. The lowest BCUT2D eigenvalue weighted by Gasteiger charge is -2.35. The van der Waals surface area contributed by atoms with E-state index in [0.29, 0.717) is 26.2 Å². The van der Waals surface area contributed by atoms with E-state index in [9.17, 15) is 9.59 Å². The first-order valence-corrected chi connectivity index (χ1v) is 10.0. The number of morpholine rings is 1. The van der Waals surface area contributed by atoms with Crippen LogP contribution in [0.5, 0.6) is 0 Å². The van der Waals surface area contributed by atoms with Gasteiger partial charge in [0.15, 0.2) is 5.65 Å². The van der Waals surface area contributed by atoms with E-state index < -0.39 is 0 Å². The molecule has 2 aliphatic rings. The maximum absolute atomic E-state index is 12.9. The largest absolute Gasteiger partial charge is 0.368 e. The second-order valence-electron chi connectivity index (χ2n) is 7.76. The molecular formula is C20H27N5O3. The lowest BCUT2D eigenvalue weighted by Crippen LogP contribution is -2.45. The van der Waals surface area contributed by atoms with Crippen LogP contribution in [0.25, 0.3) is 5.65 Å². The summed E-state index contributed by atoms with van der Waals surface area (Å²) < 4.78 is 7.87. The van der Waals surface area contributed by atoms with Crippen molar-refractivity contribution in [3.63, 3.8) is 0 Å². The number of aromatic nitrogens is 3. The van der Waals surface area contributed by atoms with Gasteiger partial charge in [-0.1, -0.05) is 12.8 Å². The second-order valence-corrected chi connectivity index (χ2v) is 7.76. The summed E-state index contributed by atoms with van der Waals surface area (Å²) in [6.07, 6.45) is 5.74. The molecule has 0 aromatic carbocycles. The van der Waals surface area contributed by atoms with Crippen LogP contribution < -0.4 is 5.32 Å². The van der Waals surface area contributed by atoms with Crippen LogP contribution in [0, 0.1) is 12.8 Å². The molecule has 1 saturated carbocycles. The molecule has 0 radical (unpaired) electrons. The van der Waals surface area contributed by atoms with E-state index in [4.69, 9.17) is 4.74 Å². The van der Waals surface area contributed by atoms with Gasteiger partial charge in [-0.3, -0.25) is 9.59 Å². The topological polar surface area (TPSA) is 88.8 Å². The van der Waals surface area contributed by atoms with E-state index in [1.807, 2.05) is 17.9 Å². The summed E-state index contributed by atoms with van der Waals surface area (Å²) in [6.45, 7) is 5.38. The number of ether oxygens (including phenoxy) is 1. The monoisotopic (exact) mass is 385 g/mol. The predicted molar refractivity (Wildman–Crippen MR) is 102 cm³/mol. The van der Waals surface area contributed by atoms with Gasteiger partial charge in [-0.15, -0.1) is 0 Å². The van der Waals surface area contributed by atoms with Crippen LogP contribution in [0.4, 0.5) is 0 Å². The molecular weight excluding hydrogens is 358 g/mol. The van der Waals surface area contributed by atoms with Gasteiger partial charge in [0, 0.05) is 43.8 Å². The first-order chi connectivity index (χ1) is 13.5. The van der Waals surface area contributed by atoms with Crippen LogP contribution in [0.1, 0.15) is 55.7 Å². The van der Waals surface area contributed by atoms with Gasteiger partial charge in [0.1, 0.15) is 6.10 Å². The van der Waals surface area contributed by atoms with Gasteiger partial charge in [0.25, 0.3) is 0 Å². The molecule has 0 spiro atoms. The van der Waals surface area contributed by atoms with Crippen LogP contribution in [0.2, 0.25) is 0 Å². The molecule has 2 aromatic heterocycles. The van der Waals surface area contributed by atoms with Crippen molar-refractivity contribution < 1.29 is 14.3 Å². The number of aryl methyl sites for hydroxylation is 1. The number of nitrogens with one attached hydrogen (secondary N) is 1. The van der Waals surface area contributed by atoms with E-state index in [-0.39, 0.29) is 23.8 Å². The van der Waals surface area contributed by atoms with Gasteiger partial charge in [-0.05, 0) is 19.8 Å². The van der Waals surface area contributed by atoms with Crippen molar-refractivity contribution >= 4 is 17.5 Å². The van der Waals surface area contributed by atoms with Crippen LogP contribution in [-0.4, -0.2) is 51.0 Å². The molecule has 2 amide bonds. The third-order valence-electron chi connectivity index (χ3n) is 5.64. The Morgan fingerprint density at radius 3 is 2.86 bits per heavy atom. The summed E-state index contributed by atoms with van der Waals surface area (Å²) in [6, 6.07) is 1.91. The average molecular weight is 385 g/mol. The van der Waals surface area contributed by atoms with E-state index in [2.05, 4.69) is 15.4 Å². The molecule has 28 heavy (non-hydrogen) atoms. The number of fused-ring (bicyclic) bond motifs is 1. The third-order valence-corrected chi connectivity index (χ3v) is 5.64. The zero-order valence-electron chi connectivity index (χ0n) is 16.5. The lowest BCUT2D eigenvalue weighted by atomic mass is 10.0. The molecule has 2 fully saturated rings. The molecule has 1 saturated heterocycles. The quantitative estimate of drug-likeness (QED) is 0.866. The Bertz CT molecular complexity index is 887. The highest BCUT2D eigenvalue weighted by Gasteiger charge is 2.33. The highest BCUT2D eigenvalue weighted by atomic mass is 16.5. The van der Waals surface area contributed by atoms with Crippen molar-refractivity contribution in [1.29, 1.82) is 0 Å². The summed E-state index contributed by atoms with van der Waals surface area (Å²) in [5.41, 5.74) is 3.31. The molecule has 8 nitrogen and oxygen atoms in total. The molecule has 150 valence electrons. The Kier molecular flexibility index (Phi) is 5.30. The lowest BCUT2D eigenvalue weighted by molar-refractivity contribution is -0.143. The molecule has 1 aliphatic heterocycles. The Balaban J connectivity index is 1.64. The minimum absolute atomic E-state index is 0.106. The number of carbonyl (C=O) groups excluding carboxylic acids is 2. The van der Waals surface area contributed by atoms with Crippen LogP contribution in [0.3, 0.4) is 0 Å². The van der Waals surface area contributed by atoms with Crippen molar-refractivity contribution in [3.05, 3.63) is 29.2 Å². The molecule has 1 N–H and O–H groups in total. The SMILES string of the molecule is CC(=O)NCc1cnc2cc(C)nn2c1C1CN(C(=O)C2CCCC2)CCO1. The van der Waals surface area contributed by atoms with Crippen molar-refractivity contribution in [3.8, 4) is 0 Å². The molecule has 3 heterocycles. The zero-order valence-corrected chi connectivity index (χ0v) is 16.5. The van der Waals surface area contributed by atoms with Crippen LogP contribution >= 0.6 is 0 Å². The van der Waals surface area contributed by atoms with Crippen molar-refractivity contribution in [1.82, 2.24) is 24.8 Å². The number of carbonyl (C=O) groups is 2. The van der Waals surface area contributed by atoms with Crippen molar-refractivity contribution in [2.75, 3.05) is 19.7 Å². The van der Waals surface area contributed by atoms with Gasteiger partial charge in [0.2, 0.25) is 11.8 Å². The first kappa shape index (κ1) is 18.9. The van der Waals surface area contributed by atoms with Gasteiger partial charge < -0.3 is 15.0 Å². The number of hydrogen-bond donors (Lipinski definition) is 1. The fourth-order valence-electron chi connectivity index (χ4n) is 4.25. The normalized spacial score (nSPS) is 20.6. The van der Waals surface area contributed by atoms with E-state index in [1.165, 1.54) is 6.92 Å². The second kappa shape index (κ2) is 7.87. The highest BCUT2D eigenvalue weighted by Crippen LogP contribution is 2.30. The highest BCUT2D eigenvalue weighted by molar-refractivity contribution is 5.79. The maximum atomic E-state index is 12.9. The average Bonchev–Trinajstić information content (AvgIpc) is 3.34. The molecule has 1 atom stereocenters. The Labute approximate surface area is 164 Å². The smallest absolute Gasteiger partial charge is 0.225 e. The minimum atomic E-state index is -0.298. The van der Waals surface area contributed by atoms with E-state index >= 15 is 0 Å². The van der Waals surface area contributed by atoms with E-state index in [1.54, 1.807) is 10.7 Å². The number of nitrogens with zero attached hydrogens (tertiary/aromatic N) is 4. The van der Waals surface area contributed by atoms with E-state index in [0.717, 1.165) is 48.3 Å². The number of rotatable bonds is 4. The summed E-state index contributed by atoms with van der Waals surface area (Å²) in [4.78, 5) is 30.8. The minimum Gasteiger partial charge on any atom is -0.368 e.